The Morgan fingerprint density at radius 3 is 2.59 bits per heavy atom. The van der Waals surface area contributed by atoms with Crippen molar-refractivity contribution >= 4 is 11.6 Å². The van der Waals surface area contributed by atoms with E-state index in [1.54, 1.807) is 6.92 Å². The van der Waals surface area contributed by atoms with E-state index in [9.17, 15) is 9.59 Å². The largest absolute Gasteiger partial charge is 0.300 e. The Labute approximate surface area is 101 Å². The van der Waals surface area contributed by atoms with E-state index in [0.29, 0.717) is 12.0 Å². The van der Waals surface area contributed by atoms with Crippen LogP contribution in [0.4, 0.5) is 0 Å². The molecule has 0 aliphatic heterocycles. The minimum Gasteiger partial charge on any atom is -0.300 e. The van der Waals surface area contributed by atoms with Crippen molar-refractivity contribution in [3.63, 3.8) is 0 Å². The second kappa shape index (κ2) is 5.09. The summed E-state index contributed by atoms with van der Waals surface area (Å²) in [5.41, 5.74) is 1.54. The summed E-state index contributed by atoms with van der Waals surface area (Å²) in [4.78, 5) is 23.4. The Morgan fingerprint density at radius 1 is 1.24 bits per heavy atom. The van der Waals surface area contributed by atoms with E-state index in [1.165, 1.54) is 0 Å². The molecule has 1 aromatic rings. The fourth-order valence-electron chi connectivity index (χ4n) is 2.36. The summed E-state index contributed by atoms with van der Waals surface area (Å²) >= 11 is 0. The zero-order valence-corrected chi connectivity index (χ0v) is 9.98. The van der Waals surface area contributed by atoms with E-state index in [2.05, 4.69) is 0 Å². The van der Waals surface area contributed by atoms with Crippen LogP contribution in [-0.4, -0.2) is 11.6 Å². The van der Waals surface area contributed by atoms with Gasteiger partial charge in [-0.3, -0.25) is 4.79 Å². The topological polar surface area (TPSA) is 34.1 Å². The SMILES string of the molecule is CC(=O)CC1CCC=C1C(=O)c1ccccc1. The van der Waals surface area contributed by atoms with Crippen LogP contribution in [0, 0.1) is 5.92 Å². The lowest BCUT2D eigenvalue weighted by atomic mass is 9.90. The molecule has 2 nitrogen and oxygen atoms in total. The summed E-state index contributed by atoms with van der Waals surface area (Å²) in [6.45, 7) is 1.59. The lowest BCUT2D eigenvalue weighted by Gasteiger charge is -2.12. The maximum Gasteiger partial charge on any atom is 0.188 e. The highest BCUT2D eigenvalue weighted by Gasteiger charge is 2.26. The van der Waals surface area contributed by atoms with Crippen molar-refractivity contribution in [3.8, 4) is 0 Å². The number of carbonyl (C=O) groups excluding carboxylic acids is 2. The smallest absolute Gasteiger partial charge is 0.188 e. The van der Waals surface area contributed by atoms with Crippen LogP contribution in [0.1, 0.15) is 36.5 Å². The molecule has 1 unspecified atom stereocenters. The summed E-state index contributed by atoms with van der Waals surface area (Å²) in [6, 6.07) is 9.27. The van der Waals surface area contributed by atoms with E-state index in [1.807, 2.05) is 36.4 Å². The summed E-state index contributed by atoms with van der Waals surface area (Å²) in [5, 5.41) is 0. The fraction of sp³-hybridized carbons (Fsp3) is 0.333. The molecule has 2 heteroatoms. The lowest BCUT2D eigenvalue weighted by Crippen LogP contribution is -2.12. The second-order valence-electron chi connectivity index (χ2n) is 4.54. The third-order valence-electron chi connectivity index (χ3n) is 3.15. The van der Waals surface area contributed by atoms with E-state index < -0.39 is 0 Å². The number of hydrogen-bond acceptors (Lipinski definition) is 2. The van der Waals surface area contributed by atoms with Gasteiger partial charge in [-0.25, -0.2) is 0 Å². The minimum absolute atomic E-state index is 0.0781. The van der Waals surface area contributed by atoms with Gasteiger partial charge in [0.05, 0.1) is 0 Å². The van der Waals surface area contributed by atoms with Gasteiger partial charge in [0.15, 0.2) is 5.78 Å². The first-order valence-corrected chi connectivity index (χ1v) is 5.97. The number of benzene rings is 1. The molecular weight excluding hydrogens is 212 g/mol. The third-order valence-corrected chi connectivity index (χ3v) is 3.15. The van der Waals surface area contributed by atoms with Gasteiger partial charge in [-0.2, -0.15) is 0 Å². The van der Waals surface area contributed by atoms with Crippen molar-refractivity contribution in [3.05, 3.63) is 47.5 Å². The normalized spacial score (nSPS) is 18.9. The standard InChI is InChI=1S/C15H16O2/c1-11(16)10-13-8-5-9-14(13)15(17)12-6-3-2-4-7-12/h2-4,6-7,9,13H,5,8,10H2,1H3. The molecule has 0 saturated heterocycles. The number of Topliss-reactive ketones (excluding diaryl/α,β-unsaturated/α-hetero) is 2. The van der Waals surface area contributed by atoms with Crippen molar-refractivity contribution in [1.29, 1.82) is 0 Å². The number of hydrogen-bond donors (Lipinski definition) is 0. The second-order valence-corrected chi connectivity index (χ2v) is 4.54. The van der Waals surface area contributed by atoms with E-state index in [-0.39, 0.29) is 17.5 Å². The third kappa shape index (κ3) is 2.70. The number of allylic oxidation sites excluding steroid dienone is 2. The molecule has 0 N–H and O–H groups in total. The zero-order valence-electron chi connectivity index (χ0n) is 9.98. The maximum absolute atomic E-state index is 12.3. The molecule has 2 rings (SSSR count). The Hall–Kier alpha value is -1.70. The molecule has 0 bridgehead atoms. The zero-order chi connectivity index (χ0) is 12.3. The highest BCUT2D eigenvalue weighted by Crippen LogP contribution is 2.31. The molecule has 0 amide bonds. The molecule has 0 heterocycles. The van der Waals surface area contributed by atoms with Gasteiger partial charge in [0.2, 0.25) is 0 Å². The van der Waals surface area contributed by atoms with Crippen molar-refractivity contribution < 1.29 is 9.59 Å². The molecule has 0 saturated carbocycles. The Bertz CT molecular complexity index is 457. The van der Waals surface area contributed by atoms with Crippen LogP contribution in [0.2, 0.25) is 0 Å². The van der Waals surface area contributed by atoms with Crippen molar-refractivity contribution in [1.82, 2.24) is 0 Å². The molecule has 0 aromatic heterocycles. The average Bonchev–Trinajstić information content (AvgIpc) is 2.76. The molecule has 0 spiro atoms. The van der Waals surface area contributed by atoms with Crippen LogP contribution in [-0.2, 0) is 4.79 Å². The highest BCUT2D eigenvalue weighted by atomic mass is 16.1. The van der Waals surface area contributed by atoms with Crippen LogP contribution in [0.3, 0.4) is 0 Å². The number of ketones is 2. The summed E-state index contributed by atoms with van der Waals surface area (Å²) < 4.78 is 0. The fourth-order valence-corrected chi connectivity index (χ4v) is 2.36. The Morgan fingerprint density at radius 2 is 1.94 bits per heavy atom. The number of carbonyl (C=O) groups is 2. The lowest BCUT2D eigenvalue weighted by molar-refractivity contribution is -0.117. The summed E-state index contributed by atoms with van der Waals surface area (Å²) in [5.74, 6) is 0.359. The average molecular weight is 228 g/mol. The quantitative estimate of drug-likeness (QED) is 0.742. The molecule has 1 aliphatic carbocycles. The van der Waals surface area contributed by atoms with Gasteiger partial charge in [0, 0.05) is 12.0 Å². The Kier molecular flexibility index (Phi) is 3.52. The first kappa shape index (κ1) is 11.8. The van der Waals surface area contributed by atoms with Crippen LogP contribution in [0.5, 0.6) is 0 Å². The van der Waals surface area contributed by atoms with E-state index in [4.69, 9.17) is 0 Å². The van der Waals surface area contributed by atoms with Crippen LogP contribution < -0.4 is 0 Å². The van der Waals surface area contributed by atoms with Gasteiger partial charge in [-0.15, -0.1) is 0 Å². The maximum atomic E-state index is 12.3. The molecule has 1 aliphatic rings. The summed E-state index contributed by atoms with van der Waals surface area (Å²) in [7, 11) is 0. The minimum atomic E-state index is 0.0781. The van der Waals surface area contributed by atoms with Gasteiger partial charge in [0.1, 0.15) is 5.78 Å². The predicted molar refractivity (Wildman–Crippen MR) is 66.9 cm³/mol. The number of rotatable bonds is 4. The van der Waals surface area contributed by atoms with Gasteiger partial charge in [0.25, 0.3) is 0 Å². The molecule has 1 aromatic carbocycles. The van der Waals surface area contributed by atoms with Crippen molar-refractivity contribution in [2.45, 2.75) is 26.2 Å². The monoisotopic (exact) mass is 228 g/mol. The molecule has 17 heavy (non-hydrogen) atoms. The Balaban J connectivity index is 2.17. The van der Waals surface area contributed by atoms with E-state index >= 15 is 0 Å². The molecule has 0 fully saturated rings. The molecular formula is C15H16O2. The van der Waals surface area contributed by atoms with E-state index in [0.717, 1.165) is 18.4 Å². The van der Waals surface area contributed by atoms with Gasteiger partial charge in [-0.05, 0) is 31.3 Å². The first-order chi connectivity index (χ1) is 8.18. The molecule has 88 valence electrons. The van der Waals surface area contributed by atoms with Gasteiger partial charge >= 0.3 is 0 Å². The van der Waals surface area contributed by atoms with Crippen LogP contribution in [0.15, 0.2) is 42.0 Å². The van der Waals surface area contributed by atoms with Crippen LogP contribution in [0.25, 0.3) is 0 Å². The molecule has 0 radical (unpaired) electrons. The first-order valence-electron chi connectivity index (χ1n) is 5.97. The van der Waals surface area contributed by atoms with Gasteiger partial charge in [-0.1, -0.05) is 36.4 Å². The van der Waals surface area contributed by atoms with Crippen LogP contribution >= 0.6 is 0 Å². The van der Waals surface area contributed by atoms with Gasteiger partial charge < -0.3 is 4.79 Å². The highest BCUT2D eigenvalue weighted by molar-refractivity contribution is 6.09. The van der Waals surface area contributed by atoms with Crippen molar-refractivity contribution in [2.24, 2.45) is 5.92 Å². The van der Waals surface area contributed by atoms with Crippen molar-refractivity contribution in [2.75, 3.05) is 0 Å². The molecule has 1 atom stereocenters. The summed E-state index contributed by atoms with van der Waals surface area (Å²) in [6.07, 6.45) is 4.31. The predicted octanol–water partition coefficient (Wildman–Crippen LogP) is 3.18.